The first-order chi connectivity index (χ1) is 20.2. The number of hydrogen-bond donors (Lipinski definition) is 3. The number of rotatable bonds is 10. The first-order valence-corrected chi connectivity index (χ1v) is 14.3. The molecule has 0 bridgehead atoms. The number of carbonyl (C=O) groups excluding carboxylic acids is 4. The Morgan fingerprint density at radius 2 is 1.37 bits per heavy atom. The van der Waals surface area contributed by atoms with Crippen LogP contribution in [0.2, 0.25) is 10.0 Å². The fourth-order valence-corrected chi connectivity index (χ4v) is 4.53. The van der Waals surface area contributed by atoms with Gasteiger partial charge in [0.25, 0.3) is 5.91 Å². The summed E-state index contributed by atoms with van der Waals surface area (Å²) in [5, 5.41) is 7.83. The number of esters is 1. The Labute approximate surface area is 261 Å². The van der Waals surface area contributed by atoms with Gasteiger partial charge in [0, 0.05) is 6.54 Å². The van der Waals surface area contributed by atoms with Crippen molar-refractivity contribution in [2.24, 2.45) is 0 Å². The predicted molar refractivity (Wildman–Crippen MR) is 166 cm³/mol. The monoisotopic (exact) mass is 627 g/mol. The van der Waals surface area contributed by atoms with E-state index in [-0.39, 0.29) is 28.8 Å². The molecule has 3 aromatic rings. The molecule has 0 saturated carbocycles. The molecule has 0 heterocycles. The average molecular weight is 629 g/mol. The number of nitrogens with one attached hydrogen (secondary N) is 3. The Balaban J connectivity index is 1.78. The van der Waals surface area contributed by atoms with Gasteiger partial charge in [-0.25, -0.2) is 9.59 Å². The molecular weight excluding hydrogens is 593 g/mol. The fraction of sp³-hybridized carbons (Fsp3) is 0.312. The van der Waals surface area contributed by atoms with E-state index in [4.69, 9.17) is 32.7 Å². The molecule has 0 aliphatic heterocycles. The second-order valence-electron chi connectivity index (χ2n) is 11.3. The maximum absolute atomic E-state index is 13.4. The zero-order valence-electron chi connectivity index (χ0n) is 24.6. The van der Waals surface area contributed by atoms with Crippen molar-refractivity contribution < 1.29 is 28.7 Å². The van der Waals surface area contributed by atoms with Crippen molar-refractivity contribution in [1.82, 2.24) is 16.0 Å². The van der Waals surface area contributed by atoms with Crippen molar-refractivity contribution >= 4 is 47.1 Å². The molecule has 0 spiro atoms. The molecule has 9 nitrogen and oxygen atoms in total. The van der Waals surface area contributed by atoms with E-state index in [9.17, 15) is 19.2 Å². The van der Waals surface area contributed by atoms with Gasteiger partial charge in [-0.15, -0.1) is 0 Å². The molecule has 0 aliphatic carbocycles. The Morgan fingerprint density at radius 1 is 0.814 bits per heavy atom. The van der Waals surface area contributed by atoms with Crippen molar-refractivity contribution in [2.75, 3.05) is 6.54 Å². The quantitative estimate of drug-likeness (QED) is 0.240. The van der Waals surface area contributed by atoms with Crippen molar-refractivity contribution in [3.05, 3.63) is 94.0 Å². The Kier molecular flexibility index (Phi) is 11.2. The Morgan fingerprint density at radius 3 is 1.93 bits per heavy atom. The predicted octanol–water partition coefficient (Wildman–Crippen LogP) is 5.92. The largest absolute Gasteiger partial charge is 0.459 e. The lowest BCUT2D eigenvalue weighted by Gasteiger charge is -2.28. The number of halogens is 2. The van der Waals surface area contributed by atoms with E-state index in [1.54, 1.807) is 57.2 Å². The molecule has 3 aromatic carbocycles. The second kappa shape index (κ2) is 14.4. The van der Waals surface area contributed by atoms with Gasteiger partial charge in [0.05, 0.1) is 15.6 Å². The Hall–Kier alpha value is -4.08. The third-order valence-electron chi connectivity index (χ3n) is 6.04. The van der Waals surface area contributed by atoms with Crippen molar-refractivity contribution in [1.29, 1.82) is 0 Å². The number of amides is 3. The van der Waals surface area contributed by atoms with Crippen LogP contribution in [0.4, 0.5) is 4.79 Å². The minimum Gasteiger partial charge on any atom is -0.459 e. The highest BCUT2D eigenvalue weighted by Gasteiger charge is 2.33. The minimum absolute atomic E-state index is 0.0397. The van der Waals surface area contributed by atoms with E-state index in [1.807, 2.05) is 36.4 Å². The van der Waals surface area contributed by atoms with Gasteiger partial charge in [-0.3, -0.25) is 9.59 Å². The number of carbonyl (C=O) groups is 4. The smallest absolute Gasteiger partial charge is 0.408 e. The van der Waals surface area contributed by atoms with Crippen LogP contribution in [0.5, 0.6) is 0 Å². The molecular formula is C32H35Cl2N3O6. The molecule has 1 unspecified atom stereocenters. The lowest BCUT2D eigenvalue weighted by molar-refractivity contribution is -0.147. The van der Waals surface area contributed by atoms with Gasteiger partial charge in [-0.05, 0) is 63.4 Å². The summed E-state index contributed by atoms with van der Waals surface area (Å²) in [5.41, 5.74) is 0.0717. The van der Waals surface area contributed by atoms with E-state index in [1.165, 1.54) is 13.8 Å². The fourth-order valence-electron chi connectivity index (χ4n) is 3.87. The van der Waals surface area contributed by atoms with Gasteiger partial charge in [0.1, 0.15) is 23.8 Å². The lowest BCUT2D eigenvalue weighted by Crippen LogP contribution is -2.58. The normalized spacial score (nSPS) is 12.1. The highest BCUT2D eigenvalue weighted by molar-refractivity contribution is 6.40. The molecule has 11 heteroatoms. The highest BCUT2D eigenvalue weighted by Crippen LogP contribution is 2.32. The first-order valence-electron chi connectivity index (χ1n) is 13.5. The molecule has 228 valence electrons. The standard InChI is InChI=1S/C32H35Cl2N3O6/c1-31(2,3)43-30(41)37-32(4,5)29(40)35-18-25(28(39)42-19-20-12-8-6-9-13-20)36-27(38)26-23(33)16-22(17-24(26)34)21-14-10-7-11-15-21/h6-17,25H,18-19H2,1-5H3,(H,35,40)(H,36,38)(H,37,41). The molecule has 0 saturated heterocycles. The highest BCUT2D eigenvalue weighted by atomic mass is 35.5. The van der Waals surface area contributed by atoms with E-state index < -0.39 is 41.1 Å². The van der Waals surface area contributed by atoms with Gasteiger partial charge in [-0.1, -0.05) is 83.9 Å². The van der Waals surface area contributed by atoms with Gasteiger partial charge in [0.15, 0.2) is 0 Å². The van der Waals surface area contributed by atoms with Gasteiger partial charge < -0.3 is 25.4 Å². The Bertz CT molecular complexity index is 1430. The summed E-state index contributed by atoms with van der Waals surface area (Å²) >= 11 is 13.0. The van der Waals surface area contributed by atoms with Gasteiger partial charge >= 0.3 is 12.1 Å². The van der Waals surface area contributed by atoms with Crippen molar-refractivity contribution in [3.8, 4) is 11.1 Å². The summed E-state index contributed by atoms with van der Waals surface area (Å²) in [5.74, 6) is -2.17. The summed E-state index contributed by atoms with van der Waals surface area (Å²) in [6.07, 6.45) is -0.789. The number of ether oxygens (including phenoxy) is 2. The van der Waals surface area contributed by atoms with E-state index >= 15 is 0 Å². The molecule has 0 aliphatic rings. The zero-order chi connectivity index (χ0) is 31.8. The van der Waals surface area contributed by atoms with Crippen LogP contribution in [0.1, 0.15) is 50.5 Å². The SMILES string of the molecule is CC(C)(C)OC(=O)NC(C)(C)C(=O)NCC(NC(=O)c1c(Cl)cc(-c2ccccc2)cc1Cl)C(=O)OCc1ccccc1. The van der Waals surface area contributed by atoms with E-state index in [0.717, 1.165) is 11.1 Å². The van der Waals surface area contributed by atoms with Gasteiger partial charge in [-0.2, -0.15) is 0 Å². The van der Waals surface area contributed by atoms with Crippen molar-refractivity contribution in [3.63, 3.8) is 0 Å². The van der Waals surface area contributed by atoms with Crippen LogP contribution in [0.3, 0.4) is 0 Å². The summed E-state index contributed by atoms with van der Waals surface area (Å²) in [6.45, 7) is 7.63. The number of benzene rings is 3. The average Bonchev–Trinajstić information content (AvgIpc) is 2.93. The molecule has 3 amide bonds. The van der Waals surface area contributed by atoms with Crippen LogP contribution in [-0.4, -0.2) is 47.6 Å². The van der Waals surface area contributed by atoms with E-state index in [2.05, 4.69) is 16.0 Å². The molecule has 43 heavy (non-hydrogen) atoms. The van der Waals surface area contributed by atoms with Crippen LogP contribution in [0, 0.1) is 0 Å². The second-order valence-corrected chi connectivity index (χ2v) is 12.1. The summed E-state index contributed by atoms with van der Waals surface area (Å²) in [6, 6.07) is 20.2. The molecule has 3 N–H and O–H groups in total. The third-order valence-corrected chi connectivity index (χ3v) is 6.63. The summed E-state index contributed by atoms with van der Waals surface area (Å²) in [7, 11) is 0. The van der Waals surface area contributed by atoms with Crippen LogP contribution < -0.4 is 16.0 Å². The van der Waals surface area contributed by atoms with E-state index in [0.29, 0.717) is 5.56 Å². The minimum atomic E-state index is -1.41. The van der Waals surface area contributed by atoms with Crippen LogP contribution in [0.15, 0.2) is 72.8 Å². The van der Waals surface area contributed by atoms with Crippen LogP contribution in [0.25, 0.3) is 11.1 Å². The number of alkyl carbamates (subject to hydrolysis) is 1. The van der Waals surface area contributed by atoms with Crippen LogP contribution in [-0.2, 0) is 25.7 Å². The maximum atomic E-state index is 13.4. The lowest BCUT2D eigenvalue weighted by atomic mass is 10.0. The van der Waals surface area contributed by atoms with Gasteiger partial charge in [0.2, 0.25) is 5.91 Å². The molecule has 0 radical (unpaired) electrons. The maximum Gasteiger partial charge on any atom is 0.408 e. The van der Waals surface area contributed by atoms with Crippen molar-refractivity contribution in [2.45, 2.75) is 58.4 Å². The number of hydrogen-bond acceptors (Lipinski definition) is 6. The topological polar surface area (TPSA) is 123 Å². The first kappa shape index (κ1) is 33.4. The zero-order valence-corrected chi connectivity index (χ0v) is 26.1. The molecule has 1 atom stereocenters. The molecule has 0 fully saturated rings. The molecule has 3 rings (SSSR count). The third kappa shape index (κ3) is 10.0. The van der Waals surface area contributed by atoms with Crippen LogP contribution >= 0.6 is 23.2 Å². The summed E-state index contributed by atoms with van der Waals surface area (Å²) < 4.78 is 10.7. The molecule has 0 aromatic heterocycles. The summed E-state index contributed by atoms with van der Waals surface area (Å²) in [4.78, 5) is 51.8.